The molecule has 72 valence electrons. The Morgan fingerprint density at radius 2 is 1.57 bits per heavy atom. The molecular weight excluding hydrogens is 172 g/mol. The summed E-state index contributed by atoms with van der Waals surface area (Å²) in [5, 5.41) is 0. The van der Waals surface area contributed by atoms with E-state index in [1.807, 2.05) is 35.2 Å². The molecule has 0 spiro atoms. The third-order valence-electron chi connectivity index (χ3n) is 2.53. The van der Waals surface area contributed by atoms with Crippen molar-refractivity contribution < 1.29 is 0 Å². The Hall–Kier alpha value is -1.70. The summed E-state index contributed by atoms with van der Waals surface area (Å²) in [5.41, 5.74) is 10.3. The number of benzene rings is 1. The zero-order valence-corrected chi connectivity index (χ0v) is 8.49. The standard InChI is InChI=1S/C12H14N2/c1-9-7-11(13)12(8-10(9)2)14-5-3-4-6-14/h3-8H,13H2,1-2H3. The zero-order chi connectivity index (χ0) is 10.1. The zero-order valence-electron chi connectivity index (χ0n) is 8.49. The molecular formula is C12H14N2. The Morgan fingerprint density at radius 1 is 1.00 bits per heavy atom. The first-order valence-electron chi connectivity index (χ1n) is 4.68. The summed E-state index contributed by atoms with van der Waals surface area (Å²) in [4.78, 5) is 0. The molecule has 0 aliphatic rings. The molecule has 0 radical (unpaired) electrons. The van der Waals surface area contributed by atoms with Crippen molar-refractivity contribution in [2.45, 2.75) is 13.8 Å². The number of nitrogens with zero attached hydrogens (tertiary/aromatic N) is 1. The molecule has 0 aliphatic heterocycles. The average molecular weight is 186 g/mol. The molecule has 0 fully saturated rings. The van der Waals surface area contributed by atoms with Crippen LogP contribution in [0.3, 0.4) is 0 Å². The maximum absolute atomic E-state index is 5.96. The van der Waals surface area contributed by atoms with Crippen LogP contribution in [0.2, 0.25) is 0 Å². The van der Waals surface area contributed by atoms with E-state index in [1.165, 1.54) is 11.1 Å². The van der Waals surface area contributed by atoms with Crippen molar-refractivity contribution in [3.8, 4) is 5.69 Å². The Kier molecular flexibility index (Phi) is 2.04. The number of nitrogen functional groups attached to an aromatic ring is 1. The van der Waals surface area contributed by atoms with Crippen molar-refractivity contribution in [2.24, 2.45) is 0 Å². The Bertz CT molecular complexity index is 442. The van der Waals surface area contributed by atoms with E-state index in [1.54, 1.807) is 0 Å². The fourth-order valence-electron chi connectivity index (χ4n) is 1.54. The van der Waals surface area contributed by atoms with Crippen molar-refractivity contribution in [1.29, 1.82) is 0 Å². The SMILES string of the molecule is Cc1cc(N)c(-n2cccc2)cc1C. The molecule has 2 nitrogen and oxygen atoms in total. The van der Waals surface area contributed by atoms with E-state index >= 15 is 0 Å². The van der Waals surface area contributed by atoms with Gasteiger partial charge in [-0.1, -0.05) is 0 Å². The maximum atomic E-state index is 5.96. The minimum absolute atomic E-state index is 0.823. The molecule has 0 aliphatic carbocycles. The second-order valence-corrected chi connectivity index (χ2v) is 3.59. The summed E-state index contributed by atoms with van der Waals surface area (Å²) in [5.74, 6) is 0. The Morgan fingerprint density at radius 3 is 2.21 bits per heavy atom. The average Bonchev–Trinajstić information content (AvgIpc) is 2.64. The Balaban J connectivity index is 2.60. The van der Waals surface area contributed by atoms with E-state index in [0.717, 1.165) is 11.4 Å². The van der Waals surface area contributed by atoms with E-state index < -0.39 is 0 Å². The molecule has 0 saturated carbocycles. The number of hydrogen-bond donors (Lipinski definition) is 1. The van der Waals surface area contributed by atoms with Gasteiger partial charge < -0.3 is 10.3 Å². The lowest BCUT2D eigenvalue weighted by molar-refractivity contribution is 1.07. The quantitative estimate of drug-likeness (QED) is 0.682. The van der Waals surface area contributed by atoms with Crippen molar-refractivity contribution >= 4 is 5.69 Å². The van der Waals surface area contributed by atoms with Crippen LogP contribution in [0, 0.1) is 13.8 Å². The molecule has 0 unspecified atom stereocenters. The largest absolute Gasteiger partial charge is 0.397 e. The van der Waals surface area contributed by atoms with Crippen LogP contribution >= 0.6 is 0 Å². The number of aromatic nitrogens is 1. The molecule has 2 N–H and O–H groups in total. The van der Waals surface area contributed by atoms with Gasteiger partial charge in [0.1, 0.15) is 0 Å². The van der Waals surface area contributed by atoms with Gasteiger partial charge in [0.05, 0.1) is 11.4 Å². The van der Waals surface area contributed by atoms with Crippen LogP contribution in [0.25, 0.3) is 5.69 Å². The third kappa shape index (κ3) is 1.39. The van der Waals surface area contributed by atoms with Crippen molar-refractivity contribution in [3.05, 3.63) is 47.8 Å². The van der Waals surface area contributed by atoms with Gasteiger partial charge in [-0.2, -0.15) is 0 Å². The predicted octanol–water partition coefficient (Wildman–Crippen LogP) is 2.68. The highest BCUT2D eigenvalue weighted by atomic mass is 15.0. The molecule has 0 amide bonds. The highest BCUT2D eigenvalue weighted by Gasteiger charge is 2.02. The van der Waals surface area contributed by atoms with Gasteiger partial charge in [0.2, 0.25) is 0 Å². The Labute approximate surface area is 84.0 Å². The predicted molar refractivity (Wildman–Crippen MR) is 59.7 cm³/mol. The summed E-state index contributed by atoms with van der Waals surface area (Å²) < 4.78 is 2.03. The summed E-state index contributed by atoms with van der Waals surface area (Å²) in [6, 6.07) is 8.12. The molecule has 2 aromatic rings. The summed E-state index contributed by atoms with van der Waals surface area (Å²) >= 11 is 0. The van der Waals surface area contributed by atoms with Crippen molar-refractivity contribution in [3.63, 3.8) is 0 Å². The van der Waals surface area contributed by atoms with Crippen LogP contribution in [-0.2, 0) is 0 Å². The smallest absolute Gasteiger partial charge is 0.0683 e. The lowest BCUT2D eigenvalue weighted by Crippen LogP contribution is -1.99. The maximum Gasteiger partial charge on any atom is 0.0683 e. The summed E-state index contributed by atoms with van der Waals surface area (Å²) in [7, 11) is 0. The molecule has 1 aromatic carbocycles. The van der Waals surface area contributed by atoms with Gasteiger partial charge in [-0.15, -0.1) is 0 Å². The number of rotatable bonds is 1. The lowest BCUT2D eigenvalue weighted by Gasteiger charge is -2.10. The van der Waals surface area contributed by atoms with E-state index in [9.17, 15) is 0 Å². The van der Waals surface area contributed by atoms with Crippen LogP contribution in [0.15, 0.2) is 36.7 Å². The topological polar surface area (TPSA) is 30.9 Å². The molecule has 1 aromatic heterocycles. The van der Waals surface area contributed by atoms with Gasteiger partial charge in [-0.05, 0) is 49.2 Å². The fourth-order valence-corrected chi connectivity index (χ4v) is 1.54. The first kappa shape index (κ1) is 8.88. The second-order valence-electron chi connectivity index (χ2n) is 3.59. The fraction of sp³-hybridized carbons (Fsp3) is 0.167. The minimum atomic E-state index is 0.823. The van der Waals surface area contributed by atoms with Crippen LogP contribution in [0.5, 0.6) is 0 Å². The first-order valence-corrected chi connectivity index (χ1v) is 4.68. The van der Waals surface area contributed by atoms with Crippen LogP contribution in [0.1, 0.15) is 11.1 Å². The van der Waals surface area contributed by atoms with E-state index in [2.05, 4.69) is 19.9 Å². The number of hydrogen-bond acceptors (Lipinski definition) is 1. The van der Waals surface area contributed by atoms with Gasteiger partial charge in [0.15, 0.2) is 0 Å². The van der Waals surface area contributed by atoms with Crippen LogP contribution in [0.4, 0.5) is 5.69 Å². The van der Waals surface area contributed by atoms with Gasteiger partial charge >= 0.3 is 0 Å². The third-order valence-corrected chi connectivity index (χ3v) is 2.53. The summed E-state index contributed by atoms with van der Waals surface area (Å²) in [6.07, 6.45) is 4.00. The first-order chi connectivity index (χ1) is 6.68. The van der Waals surface area contributed by atoms with Gasteiger partial charge in [-0.3, -0.25) is 0 Å². The molecule has 2 heteroatoms. The van der Waals surface area contributed by atoms with Gasteiger partial charge in [-0.25, -0.2) is 0 Å². The minimum Gasteiger partial charge on any atom is -0.397 e. The monoisotopic (exact) mass is 186 g/mol. The molecule has 2 rings (SSSR count). The van der Waals surface area contributed by atoms with Crippen LogP contribution in [-0.4, -0.2) is 4.57 Å². The molecule has 0 bridgehead atoms. The highest BCUT2D eigenvalue weighted by Crippen LogP contribution is 2.21. The number of nitrogens with two attached hydrogens (primary N) is 1. The normalized spacial score (nSPS) is 10.4. The van der Waals surface area contributed by atoms with Gasteiger partial charge in [0.25, 0.3) is 0 Å². The van der Waals surface area contributed by atoms with Crippen LogP contribution < -0.4 is 5.73 Å². The van der Waals surface area contributed by atoms with Crippen molar-refractivity contribution in [2.75, 3.05) is 5.73 Å². The van der Waals surface area contributed by atoms with Gasteiger partial charge in [0, 0.05) is 12.4 Å². The molecule has 0 atom stereocenters. The van der Waals surface area contributed by atoms with Crippen molar-refractivity contribution in [1.82, 2.24) is 4.57 Å². The number of anilines is 1. The highest BCUT2D eigenvalue weighted by molar-refractivity contribution is 5.61. The lowest BCUT2D eigenvalue weighted by atomic mass is 10.1. The molecule has 14 heavy (non-hydrogen) atoms. The second kappa shape index (κ2) is 3.22. The van der Waals surface area contributed by atoms with E-state index in [-0.39, 0.29) is 0 Å². The molecule has 1 heterocycles. The summed E-state index contributed by atoms with van der Waals surface area (Å²) in [6.45, 7) is 4.17. The molecule has 0 saturated heterocycles. The number of aryl methyl sites for hydroxylation is 2. The van der Waals surface area contributed by atoms with E-state index in [4.69, 9.17) is 5.73 Å². The van der Waals surface area contributed by atoms with E-state index in [0.29, 0.717) is 0 Å².